The molecule has 0 saturated heterocycles. The molecule has 40 heavy (non-hydrogen) atoms. The van der Waals surface area contributed by atoms with E-state index >= 15 is 0 Å². The first-order valence-corrected chi connectivity index (χ1v) is 13.3. The highest BCUT2D eigenvalue weighted by Gasteiger charge is 2.35. The van der Waals surface area contributed by atoms with Gasteiger partial charge in [0, 0.05) is 30.7 Å². The van der Waals surface area contributed by atoms with E-state index < -0.39 is 30.5 Å². The van der Waals surface area contributed by atoms with E-state index in [0.717, 1.165) is 6.29 Å². The number of hydrogen-bond donors (Lipinski definition) is 2. The first kappa shape index (κ1) is 35.9. The van der Waals surface area contributed by atoms with Crippen LogP contribution >= 0.6 is 0 Å². The van der Waals surface area contributed by atoms with Gasteiger partial charge in [-0.2, -0.15) is 0 Å². The summed E-state index contributed by atoms with van der Waals surface area (Å²) in [5, 5.41) is 12.8. The largest absolute Gasteiger partial charge is 0.378 e. The minimum Gasteiger partial charge on any atom is -0.378 e. The molecule has 2 unspecified atom stereocenters. The average Bonchev–Trinajstić information content (AvgIpc) is 3.23. The van der Waals surface area contributed by atoms with Crippen LogP contribution in [-0.2, 0) is 42.8 Å². The summed E-state index contributed by atoms with van der Waals surface area (Å²) >= 11 is 0. The quantitative estimate of drug-likeness (QED) is 0.0617. The van der Waals surface area contributed by atoms with Crippen LogP contribution in [0.4, 0.5) is 8.78 Å². The molecular formula is C26H42F2N2O10. The number of amides is 2. The molecule has 1 aliphatic rings. The van der Waals surface area contributed by atoms with E-state index in [1.165, 1.54) is 11.0 Å². The van der Waals surface area contributed by atoms with Crippen molar-refractivity contribution in [3.63, 3.8) is 0 Å². The van der Waals surface area contributed by atoms with Crippen LogP contribution in [0.2, 0.25) is 0 Å². The first-order valence-electron chi connectivity index (χ1n) is 13.3. The van der Waals surface area contributed by atoms with Crippen molar-refractivity contribution >= 4 is 18.1 Å². The molecule has 0 aromatic heterocycles. The van der Waals surface area contributed by atoms with Crippen molar-refractivity contribution in [2.75, 3.05) is 85.8 Å². The summed E-state index contributed by atoms with van der Waals surface area (Å²) in [5.41, 5.74) is 0.216. The van der Waals surface area contributed by atoms with Gasteiger partial charge in [0.2, 0.25) is 0 Å². The number of aliphatic hydroxyl groups is 1. The van der Waals surface area contributed by atoms with Gasteiger partial charge in [0.1, 0.15) is 25.5 Å². The summed E-state index contributed by atoms with van der Waals surface area (Å²) in [7, 11) is 0. The third-order valence-corrected chi connectivity index (χ3v) is 5.49. The van der Waals surface area contributed by atoms with Gasteiger partial charge >= 0.3 is 0 Å². The maximum Gasteiger partial charge on any atom is 0.259 e. The number of aliphatic hydroxyl groups excluding tert-OH is 1. The van der Waals surface area contributed by atoms with Crippen molar-refractivity contribution in [2.24, 2.45) is 0 Å². The number of nitrogens with zero attached hydrogens (tertiary/aromatic N) is 1. The van der Waals surface area contributed by atoms with Gasteiger partial charge in [0.25, 0.3) is 11.8 Å². The number of nitrogens with one attached hydrogen (secondary N) is 1. The lowest BCUT2D eigenvalue weighted by atomic mass is 10.1. The summed E-state index contributed by atoms with van der Waals surface area (Å²) in [6, 6.07) is -0.332. The summed E-state index contributed by atoms with van der Waals surface area (Å²) in [5.74, 6) is -1.81. The molecule has 1 heterocycles. The van der Waals surface area contributed by atoms with Crippen LogP contribution in [0.15, 0.2) is 23.8 Å². The molecule has 230 valence electrons. The minimum absolute atomic E-state index is 0.0822. The third-order valence-electron chi connectivity index (χ3n) is 5.49. The van der Waals surface area contributed by atoms with Crippen molar-refractivity contribution in [3.8, 4) is 0 Å². The maximum absolute atomic E-state index is 12.5. The van der Waals surface area contributed by atoms with E-state index in [4.69, 9.17) is 28.4 Å². The lowest BCUT2D eigenvalue weighted by Gasteiger charge is -2.25. The predicted molar refractivity (Wildman–Crippen MR) is 139 cm³/mol. The zero-order chi connectivity index (χ0) is 29.4. The second-order valence-corrected chi connectivity index (χ2v) is 8.53. The molecule has 2 atom stereocenters. The smallest absolute Gasteiger partial charge is 0.259 e. The van der Waals surface area contributed by atoms with E-state index in [0.29, 0.717) is 65.6 Å². The van der Waals surface area contributed by atoms with Crippen LogP contribution in [0.25, 0.3) is 0 Å². The van der Waals surface area contributed by atoms with Gasteiger partial charge in [-0.1, -0.05) is 6.92 Å². The summed E-state index contributed by atoms with van der Waals surface area (Å²) in [6.07, 6.45) is 2.14. The van der Waals surface area contributed by atoms with Crippen LogP contribution in [0.5, 0.6) is 0 Å². The van der Waals surface area contributed by atoms with Gasteiger partial charge in [-0.25, -0.2) is 8.78 Å². The number of halogens is 2. The third kappa shape index (κ3) is 16.2. The fourth-order valence-corrected chi connectivity index (χ4v) is 3.48. The zero-order valence-electron chi connectivity index (χ0n) is 23.0. The van der Waals surface area contributed by atoms with Gasteiger partial charge in [-0.3, -0.25) is 19.8 Å². The lowest BCUT2D eigenvalue weighted by molar-refractivity contribution is -0.140. The number of aldehydes is 1. The molecule has 14 heteroatoms. The Morgan fingerprint density at radius 1 is 0.975 bits per heavy atom. The van der Waals surface area contributed by atoms with Crippen molar-refractivity contribution in [1.82, 2.24) is 10.2 Å². The number of carbonyl (C=O) groups is 3. The molecule has 0 spiro atoms. The molecule has 1 rings (SSSR count). The van der Waals surface area contributed by atoms with Crippen molar-refractivity contribution in [3.05, 3.63) is 23.8 Å². The van der Waals surface area contributed by atoms with Crippen molar-refractivity contribution < 1.29 is 56.7 Å². The van der Waals surface area contributed by atoms with Gasteiger partial charge < -0.3 is 38.3 Å². The molecule has 1 aliphatic heterocycles. The Morgan fingerprint density at radius 3 is 2.10 bits per heavy atom. The number of rotatable bonds is 27. The maximum atomic E-state index is 12.5. The van der Waals surface area contributed by atoms with Crippen LogP contribution in [0.3, 0.4) is 0 Å². The van der Waals surface area contributed by atoms with Crippen molar-refractivity contribution in [1.29, 1.82) is 0 Å². The highest BCUT2D eigenvalue weighted by atomic mass is 19.2. The van der Waals surface area contributed by atoms with E-state index in [1.54, 1.807) is 0 Å². The Kier molecular flexibility index (Phi) is 21.1. The normalized spacial score (nSPS) is 15.6. The Morgan fingerprint density at radius 2 is 1.55 bits per heavy atom. The lowest BCUT2D eigenvalue weighted by Crippen LogP contribution is -2.41. The molecule has 0 fully saturated rings. The van der Waals surface area contributed by atoms with Crippen LogP contribution in [0.1, 0.15) is 26.2 Å². The number of hydrogen-bond acceptors (Lipinski definition) is 11. The zero-order valence-corrected chi connectivity index (χ0v) is 23.0. The highest BCUT2D eigenvalue weighted by Crippen LogP contribution is 2.20. The molecule has 0 aliphatic carbocycles. The first-order chi connectivity index (χ1) is 19.4. The van der Waals surface area contributed by atoms with Crippen LogP contribution < -0.4 is 5.32 Å². The molecule has 2 amide bonds. The van der Waals surface area contributed by atoms with Crippen LogP contribution in [0, 0.1) is 0 Å². The number of imide groups is 1. The molecule has 0 saturated carbocycles. The Balaban J connectivity index is 1.93. The van der Waals surface area contributed by atoms with Crippen LogP contribution in [-0.4, -0.2) is 126 Å². The van der Waals surface area contributed by atoms with E-state index in [-0.39, 0.29) is 50.8 Å². The topological polar surface area (TPSA) is 142 Å². The molecular weight excluding hydrogens is 538 g/mol. The Hall–Kier alpha value is -2.17. The molecule has 12 nitrogen and oxygen atoms in total. The highest BCUT2D eigenvalue weighted by molar-refractivity contribution is 6.16. The molecule has 0 bridgehead atoms. The summed E-state index contributed by atoms with van der Waals surface area (Å²) < 4.78 is 55.7. The molecule has 0 aromatic carbocycles. The minimum atomic E-state index is -0.977. The summed E-state index contributed by atoms with van der Waals surface area (Å²) in [4.78, 5) is 36.6. The standard InChI is InChI=1S/C26H42F2N2O10/c1-2-23(4-3-6-31)30-25(33)16-21(26(30)34)18-40-20-24(32)29-5-7-35-8-9-36-10-11-37-12-13-38-14-15-39-19-22(28)17-27/h6,16-17,23-24,29,32H,2-5,7-15,18-20H2,1H3/b22-17-. The number of carbonyl (C=O) groups excluding carboxylic acids is 3. The van der Waals surface area contributed by atoms with E-state index in [2.05, 4.69) is 5.32 Å². The fraction of sp³-hybridized carbons (Fsp3) is 0.731. The van der Waals surface area contributed by atoms with Gasteiger partial charge in [-0.05, 0) is 12.8 Å². The Labute approximate surface area is 233 Å². The Bertz CT molecular complexity index is 785. The molecule has 2 N–H and O–H groups in total. The predicted octanol–water partition coefficient (Wildman–Crippen LogP) is 0.827. The van der Waals surface area contributed by atoms with Gasteiger partial charge in [-0.15, -0.1) is 0 Å². The summed E-state index contributed by atoms with van der Waals surface area (Å²) in [6.45, 7) is 4.57. The molecule has 0 aromatic rings. The molecule has 0 radical (unpaired) electrons. The van der Waals surface area contributed by atoms with Gasteiger partial charge in [0.15, 0.2) is 5.83 Å². The van der Waals surface area contributed by atoms with Gasteiger partial charge in [0.05, 0.1) is 72.7 Å². The van der Waals surface area contributed by atoms with E-state index in [9.17, 15) is 28.3 Å². The number of ether oxygens (including phenoxy) is 6. The van der Waals surface area contributed by atoms with Crippen molar-refractivity contribution in [2.45, 2.75) is 38.5 Å². The monoisotopic (exact) mass is 580 g/mol. The SMILES string of the molecule is CCC(CCC=O)N1C(=O)C=C(COCC(O)NCCOCCOCCOCCOCCOC/C(F)=C/F)C1=O. The average molecular weight is 581 g/mol. The van der Waals surface area contributed by atoms with E-state index in [1.807, 2.05) is 6.92 Å². The second-order valence-electron chi connectivity index (χ2n) is 8.53. The second kappa shape index (κ2) is 23.5. The fourth-order valence-electron chi connectivity index (χ4n) is 3.48.